The van der Waals surface area contributed by atoms with E-state index in [-0.39, 0.29) is 11.4 Å². The van der Waals surface area contributed by atoms with Gasteiger partial charge in [-0.1, -0.05) is 0 Å². The Labute approximate surface area is 115 Å². The summed E-state index contributed by atoms with van der Waals surface area (Å²) in [6, 6.07) is 1.16. The van der Waals surface area contributed by atoms with Gasteiger partial charge in [-0.15, -0.1) is 0 Å². The Kier molecular flexibility index (Phi) is 4.98. The number of rotatable bonds is 5. The van der Waals surface area contributed by atoms with Crippen LogP contribution < -0.4 is 5.32 Å². The van der Waals surface area contributed by atoms with Crippen molar-refractivity contribution in [2.45, 2.75) is 0 Å². The third-order valence-corrected chi connectivity index (χ3v) is 3.89. The third kappa shape index (κ3) is 3.81. The zero-order chi connectivity index (χ0) is 13.7. The predicted molar refractivity (Wildman–Crippen MR) is 73.4 cm³/mol. The molecule has 0 atom stereocenters. The second kappa shape index (κ2) is 6.72. The number of hydrogen-bond donors (Lipinski definition) is 2. The molecule has 1 aliphatic rings. The van der Waals surface area contributed by atoms with Crippen LogP contribution in [-0.4, -0.2) is 58.6 Å². The lowest BCUT2D eigenvalue weighted by molar-refractivity contribution is 0.0692. The van der Waals surface area contributed by atoms with Crippen LogP contribution in [0.15, 0.2) is 12.3 Å². The number of anilines is 1. The number of aromatic carboxylic acids is 1. The maximum absolute atomic E-state index is 13.8. The highest BCUT2D eigenvalue weighted by molar-refractivity contribution is 7.99. The summed E-state index contributed by atoms with van der Waals surface area (Å²) < 4.78 is 13.8. The number of carboxylic acids is 1. The third-order valence-electron chi connectivity index (χ3n) is 2.94. The molecule has 1 aliphatic heterocycles. The molecule has 0 unspecified atom stereocenters. The summed E-state index contributed by atoms with van der Waals surface area (Å²) in [5.41, 5.74) is -0.355. The van der Waals surface area contributed by atoms with Crippen LogP contribution in [0.1, 0.15) is 10.4 Å². The van der Waals surface area contributed by atoms with Crippen LogP contribution in [0.4, 0.5) is 10.2 Å². The van der Waals surface area contributed by atoms with Crippen LogP contribution in [0.5, 0.6) is 0 Å². The van der Waals surface area contributed by atoms with Crippen LogP contribution in [0, 0.1) is 5.82 Å². The van der Waals surface area contributed by atoms with Gasteiger partial charge in [0.25, 0.3) is 0 Å². The van der Waals surface area contributed by atoms with Gasteiger partial charge in [-0.25, -0.2) is 14.2 Å². The first-order valence-corrected chi connectivity index (χ1v) is 7.25. The summed E-state index contributed by atoms with van der Waals surface area (Å²) in [6.45, 7) is 3.44. The van der Waals surface area contributed by atoms with Crippen LogP contribution in [0.25, 0.3) is 0 Å². The monoisotopic (exact) mass is 285 g/mol. The molecule has 1 fully saturated rings. The van der Waals surface area contributed by atoms with Gasteiger partial charge in [0.15, 0.2) is 11.6 Å². The van der Waals surface area contributed by atoms with E-state index in [4.69, 9.17) is 5.11 Å². The van der Waals surface area contributed by atoms with E-state index in [9.17, 15) is 9.18 Å². The van der Waals surface area contributed by atoms with Crippen molar-refractivity contribution < 1.29 is 14.3 Å². The van der Waals surface area contributed by atoms with Crippen molar-refractivity contribution in [3.05, 3.63) is 23.6 Å². The predicted octanol–water partition coefficient (Wildman–Crippen LogP) is 1.38. The number of carbonyl (C=O) groups is 1. The van der Waals surface area contributed by atoms with Crippen LogP contribution in [0.2, 0.25) is 0 Å². The van der Waals surface area contributed by atoms with Crippen LogP contribution in [-0.2, 0) is 0 Å². The molecule has 2 heterocycles. The van der Waals surface area contributed by atoms with Gasteiger partial charge in [0.1, 0.15) is 5.56 Å². The number of thioether (sulfide) groups is 1. The molecule has 1 saturated heterocycles. The fourth-order valence-corrected chi connectivity index (χ4v) is 2.87. The maximum atomic E-state index is 13.8. The highest BCUT2D eigenvalue weighted by atomic mass is 32.2. The SMILES string of the molecule is O=C(O)c1ccnc(NCCN2CCSCC2)c1F. The van der Waals surface area contributed by atoms with E-state index in [2.05, 4.69) is 15.2 Å². The number of nitrogens with zero attached hydrogens (tertiary/aromatic N) is 2. The zero-order valence-corrected chi connectivity index (χ0v) is 11.2. The molecule has 104 valence electrons. The van der Waals surface area contributed by atoms with Gasteiger partial charge in [-0.05, 0) is 6.07 Å². The molecule has 0 aromatic carbocycles. The standard InChI is InChI=1S/C12H16FN3O2S/c13-10-9(12(17)18)1-2-14-11(10)15-3-4-16-5-7-19-8-6-16/h1-2H,3-8H2,(H,14,15)(H,17,18). The number of aromatic nitrogens is 1. The number of hydrogen-bond acceptors (Lipinski definition) is 5. The summed E-state index contributed by atoms with van der Waals surface area (Å²) in [7, 11) is 0. The summed E-state index contributed by atoms with van der Waals surface area (Å²) in [5.74, 6) is 0.175. The maximum Gasteiger partial charge on any atom is 0.338 e. The van der Waals surface area contributed by atoms with Gasteiger partial charge in [0.05, 0.1) is 0 Å². The number of pyridine rings is 1. The van der Waals surface area contributed by atoms with E-state index < -0.39 is 11.8 Å². The van der Waals surface area contributed by atoms with Gasteiger partial charge in [-0.2, -0.15) is 11.8 Å². The first-order chi connectivity index (χ1) is 9.18. The van der Waals surface area contributed by atoms with Crippen molar-refractivity contribution >= 4 is 23.5 Å². The van der Waals surface area contributed by atoms with Crippen LogP contribution in [0.3, 0.4) is 0 Å². The van der Waals surface area contributed by atoms with E-state index >= 15 is 0 Å². The highest BCUT2D eigenvalue weighted by Crippen LogP contribution is 2.15. The minimum atomic E-state index is -1.28. The lowest BCUT2D eigenvalue weighted by Gasteiger charge is -2.26. The molecule has 19 heavy (non-hydrogen) atoms. The van der Waals surface area contributed by atoms with Crippen molar-refractivity contribution in [2.24, 2.45) is 0 Å². The lowest BCUT2D eigenvalue weighted by Crippen LogP contribution is -2.36. The van der Waals surface area contributed by atoms with Gasteiger partial charge >= 0.3 is 5.97 Å². The Balaban J connectivity index is 1.88. The van der Waals surface area contributed by atoms with E-state index in [1.165, 1.54) is 6.20 Å². The largest absolute Gasteiger partial charge is 0.478 e. The van der Waals surface area contributed by atoms with Gasteiger partial charge in [-0.3, -0.25) is 4.90 Å². The van der Waals surface area contributed by atoms with Crippen molar-refractivity contribution in [1.29, 1.82) is 0 Å². The Hall–Kier alpha value is -1.34. The summed E-state index contributed by atoms with van der Waals surface area (Å²) in [4.78, 5) is 16.9. The Morgan fingerprint density at radius 2 is 2.26 bits per heavy atom. The quantitative estimate of drug-likeness (QED) is 0.852. The molecule has 0 bridgehead atoms. The van der Waals surface area contributed by atoms with Crippen molar-refractivity contribution in [1.82, 2.24) is 9.88 Å². The fourth-order valence-electron chi connectivity index (χ4n) is 1.89. The molecular weight excluding hydrogens is 269 g/mol. The van der Waals surface area contributed by atoms with Crippen molar-refractivity contribution in [3.63, 3.8) is 0 Å². The van der Waals surface area contributed by atoms with Gasteiger partial charge in [0.2, 0.25) is 0 Å². The van der Waals surface area contributed by atoms with Crippen molar-refractivity contribution in [3.8, 4) is 0 Å². The fraction of sp³-hybridized carbons (Fsp3) is 0.500. The Bertz CT molecular complexity index is 453. The lowest BCUT2D eigenvalue weighted by atomic mass is 10.2. The van der Waals surface area contributed by atoms with Gasteiger partial charge in [0, 0.05) is 43.9 Å². The molecule has 0 spiro atoms. The summed E-state index contributed by atoms with van der Waals surface area (Å²) in [6.07, 6.45) is 1.30. The number of nitrogens with one attached hydrogen (secondary N) is 1. The molecule has 0 amide bonds. The summed E-state index contributed by atoms with van der Waals surface area (Å²) >= 11 is 1.94. The smallest absolute Gasteiger partial charge is 0.338 e. The molecular formula is C12H16FN3O2S. The van der Waals surface area contributed by atoms with E-state index in [1.807, 2.05) is 11.8 Å². The zero-order valence-electron chi connectivity index (χ0n) is 10.4. The molecule has 1 aromatic heterocycles. The number of carboxylic acid groups (broad SMARTS) is 1. The molecule has 2 N–H and O–H groups in total. The molecule has 0 saturated carbocycles. The molecule has 2 rings (SSSR count). The second-order valence-electron chi connectivity index (χ2n) is 4.21. The Morgan fingerprint density at radius 1 is 1.53 bits per heavy atom. The molecule has 7 heteroatoms. The first-order valence-electron chi connectivity index (χ1n) is 6.10. The van der Waals surface area contributed by atoms with E-state index in [1.54, 1.807) is 0 Å². The summed E-state index contributed by atoms with van der Waals surface area (Å²) in [5, 5.41) is 11.7. The second-order valence-corrected chi connectivity index (χ2v) is 5.43. The highest BCUT2D eigenvalue weighted by Gasteiger charge is 2.15. The van der Waals surface area contributed by atoms with Crippen LogP contribution >= 0.6 is 11.8 Å². The Morgan fingerprint density at radius 3 is 2.95 bits per heavy atom. The molecule has 5 nitrogen and oxygen atoms in total. The molecule has 0 radical (unpaired) electrons. The topological polar surface area (TPSA) is 65.5 Å². The first kappa shape index (κ1) is 14.1. The molecule has 0 aliphatic carbocycles. The van der Waals surface area contributed by atoms with Gasteiger partial charge < -0.3 is 10.4 Å². The van der Waals surface area contributed by atoms with E-state index in [0.717, 1.165) is 37.2 Å². The van der Waals surface area contributed by atoms with E-state index in [0.29, 0.717) is 6.54 Å². The average molecular weight is 285 g/mol. The van der Waals surface area contributed by atoms with Crippen molar-refractivity contribution in [2.75, 3.05) is 43.0 Å². The minimum Gasteiger partial charge on any atom is -0.478 e. The number of halogens is 1. The normalized spacial score (nSPS) is 16.3. The minimum absolute atomic E-state index is 0.00582. The average Bonchev–Trinajstić information content (AvgIpc) is 2.41. The molecule has 1 aromatic rings.